The van der Waals surface area contributed by atoms with Crippen molar-refractivity contribution in [2.75, 3.05) is 31.6 Å². The van der Waals surface area contributed by atoms with Crippen LogP contribution in [-0.4, -0.2) is 45.4 Å². The maximum atomic E-state index is 13.4. The van der Waals surface area contributed by atoms with E-state index in [1.165, 1.54) is 16.4 Å². The number of methoxy groups -OCH3 is 1. The Morgan fingerprint density at radius 3 is 2.42 bits per heavy atom. The highest BCUT2D eigenvalue weighted by Crippen LogP contribution is 2.33. The van der Waals surface area contributed by atoms with Gasteiger partial charge in [-0.3, -0.25) is 4.79 Å². The fraction of sp³-hybridized carbons (Fsp3) is 0.435. The van der Waals surface area contributed by atoms with Gasteiger partial charge in [-0.25, -0.2) is 8.42 Å². The quantitative estimate of drug-likeness (QED) is 0.670. The summed E-state index contributed by atoms with van der Waals surface area (Å²) in [7, 11) is -2.14. The van der Waals surface area contributed by atoms with Crippen LogP contribution < -0.4 is 9.64 Å². The number of anilines is 1. The first-order valence-corrected chi connectivity index (χ1v) is 12.5. The molecule has 0 spiro atoms. The SMILES string of the molecule is COc1ccc2c(c1)CCCN2C(=O)c1ccc(Cl)c(S(=O)(=O)N2CCCCCC2)c1. The summed E-state index contributed by atoms with van der Waals surface area (Å²) in [6.07, 6.45) is 5.42. The Bertz CT molecular complexity index is 1080. The Labute approximate surface area is 188 Å². The zero-order valence-electron chi connectivity index (χ0n) is 17.6. The number of carbonyl (C=O) groups is 1. The monoisotopic (exact) mass is 462 g/mol. The Balaban J connectivity index is 1.67. The highest BCUT2D eigenvalue weighted by Gasteiger charge is 2.30. The number of sulfonamides is 1. The molecule has 0 atom stereocenters. The average molecular weight is 463 g/mol. The summed E-state index contributed by atoms with van der Waals surface area (Å²) in [6, 6.07) is 10.2. The Hall–Kier alpha value is -2.09. The summed E-state index contributed by atoms with van der Waals surface area (Å²) in [5.41, 5.74) is 2.20. The van der Waals surface area contributed by atoms with Gasteiger partial charge in [0.1, 0.15) is 10.6 Å². The summed E-state index contributed by atoms with van der Waals surface area (Å²) < 4.78 is 33.4. The van der Waals surface area contributed by atoms with Crippen LogP contribution in [0.2, 0.25) is 5.02 Å². The van der Waals surface area contributed by atoms with Crippen LogP contribution in [0.1, 0.15) is 48.0 Å². The molecule has 0 aromatic heterocycles. The molecule has 2 aromatic carbocycles. The van der Waals surface area contributed by atoms with E-state index >= 15 is 0 Å². The van der Waals surface area contributed by atoms with Crippen molar-refractivity contribution < 1.29 is 17.9 Å². The Kier molecular flexibility index (Phi) is 6.55. The molecule has 4 rings (SSSR count). The van der Waals surface area contributed by atoms with E-state index in [1.807, 2.05) is 18.2 Å². The summed E-state index contributed by atoms with van der Waals surface area (Å²) in [5, 5.41) is 0.143. The molecule has 31 heavy (non-hydrogen) atoms. The van der Waals surface area contributed by atoms with Crippen molar-refractivity contribution in [2.45, 2.75) is 43.4 Å². The van der Waals surface area contributed by atoms with E-state index in [0.29, 0.717) is 25.2 Å². The molecule has 2 aliphatic heterocycles. The lowest BCUT2D eigenvalue weighted by molar-refractivity contribution is 0.0985. The number of hydrogen-bond acceptors (Lipinski definition) is 4. The third-order valence-corrected chi connectivity index (χ3v) is 8.39. The number of hydrogen-bond donors (Lipinski definition) is 0. The summed E-state index contributed by atoms with van der Waals surface area (Å²) in [5.74, 6) is 0.528. The molecule has 1 saturated heterocycles. The van der Waals surface area contributed by atoms with Crippen LogP contribution in [0.15, 0.2) is 41.3 Å². The molecule has 1 amide bonds. The van der Waals surface area contributed by atoms with E-state index in [0.717, 1.165) is 55.5 Å². The number of carbonyl (C=O) groups excluding carboxylic acids is 1. The maximum absolute atomic E-state index is 13.4. The normalized spacial score (nSPS) is 17.7. The lowest BCUT2D eigenvalue weighted by Crippen LogP contribution is -2.36. The van der Waals surface area contributed by atoms with Crippen molar-refractivity contribution in [1.82, 2.24) is 4.31 Å². The van der Waals surface area contributed by atoms with E-state index in [4.69, 9.17) is 16.3 Å². The third kappa shape index (κ3) is 4.45. The number of ether oxygens (including phenoxy) is 1. The molecule has 6 nitrogen and oxygen atoms in total. The first kappa shape index (κ1) is 22.1. The molecule has 2 aromatic rings. The fourth-order valence-electron chi connectivity index (χ4n) is 4.32. The van der Waals surface area contributed by atoms with Crippen molar-refractivity contribution in [3.63, 3.8) is 0 Å². The van der Waals surface area contributed by atoms with Gasteiger partial charge in [-0.2, -0.15) is 4.31 Å². The number of amides is 1. The standard InChI is InChI=1S/C23H27ClN2O4S/c1-30-19-9-11-21-17(15-19)7-6-14-26(21)23(27)18-8-10-20(24)22(16-18)31(28,29)25-12-4-2-3-5-13-25/h8-11,15-16H,2-7,12-14H2,1H3. The van der Waals surface area contributed by atoms with Crippen LogP contribution >= 0.6 is 11.6 Å². The first-order chi connectivity index (χ1) is 14.9. The second-order valence-electron chi connectivity index (χ2n) is 8.02. The van der Waals surface area contributed by atoms with Gasteiger partial charge in [0.15, 0.2) is 0 Å². The molecule has 0 saturated carbocycles. The largest absolute Gasteiger partial charge is 0.497 e. The van der Waals surface area contributed by atoms with Crippen LogP contribution in [0.5, 0.6) is 5.75 Å². The molecule has 2 heterocycles. The lowest BCUT2D eigenvalue weighted by Gasteiger charge is -2.30. The van der Waals surface area contributed by atoms with Gasteiger partial charge in [-0.05, 0) is 67.6 Å². The minimum Gasteiger partial charge on any atom is -0.497 e. The average Bonchev–Trinajstić information content (AvgIpc) is 3.08. The number of aryl methyl sites for hydroxylation is 1. The predicted molar refractivity (Wildman–Crippen MR) is 122 cm³/mol. The summed E-state index contributed by atoms with van der Waals surface area (Å²) in [6.45, 7) is 1.55. The van der Waals surface area contributed by atoms with Crippen molar-refractivity contribution in [3.05, 3.63) is 52.5 Å². The molecule has 2 aliphatic rings. The van der Waals surface area contributed by atoms with Gasteiger partial charge in [0.25, 0.3) is 5.91 Å². The van der Waals surface area contributed by atoms with Gasteiger partial charge in [0.05, 0.1) is 12.1 Å². The number of nitrogens with zero attached hydrogens (tertiary/aromatic N) is 2. The second-order valence-corrected chi connectivity index (χ2v) is 10.3. The van der Waals surface area contributed by atoms with Crippen LogP contribution in [0.4, 0.5) is 5.69 Å². The number of benzene rings is 2. The van der Waals surface area contributed by atoms with Gasteiger partial charge < -0.3 is 9.64 Å². The van der Waals surface area contributed by atoms with Gasteiger partial charge in [0.2, 0.25) is 10.0 Å². The highest BCUT2D eigenvalue weighted by atomic mass is 35.5. The third-order valence-electron chi connectivity index (χ3n) is 6.01. The van der Waals surface area contributed by atoms with E-state index in [1.54, 1.807) is 18.1 Å². The van der Waals surface area contributed by atoms with Crippen molar-refractivity contribution >= 4 is 33.2 Å². The zero-order valence-corrected chi connectivity index (χ0v) is 19.2. The predicted octanol–water partition coefficient (Wildman–Crippen LogP) is 4.51. The van der Waals surface area contributed by atoms with E-state index in [9.17, 15) is 13.2 Å². The van der Waals surface area contributed by atoms with Gasteiger partial charge in [0, 0.05) is 30.9 Å². The van der Waals surface area contributed by atoms with Crippen molar-refractivity contribution in [3.8, 4) is 5.75 Å². The topological polar surface area (TPSA) is 66.9 Å². The number of halogens is 1. The van der Waals surface area contributed by atoms with Crippen LogP contribution in [-0.2, 0) is 16.4 Å². The maximum Gasteiger partial charge on any atom is 0.258 e. The number of rotatable bonds is 4. The molecule has 0 unspecified atom stereocenters. The van der Waals surface area contributed by atoms with Gasteiger partial charge >= 0.3 is 0 Å². The molecule has 0 radical (unpaired) electrons. The molecule has 166 valence electrons. The van der Waals surface area contributed by atoms with E-state index in [-0.39, 0.29) is 15.8 Å². The molecule has 1 fully saturated rings. The van der Waals surface area contributed by atoms with E-state index < -0.39 is 10.0 Å². The molecular formula is C23H27ClN2O4S. The minimum absolute atomic E-state index is 0.00822. The molecule has 8 heteroatoms. The Morgan fingerprint density at radius 2 is 1.71 bits per heavy atom. The zero-order chi connectivity index (χ0) is 22.0. The second kappa shape index (κ2) is 9.18. The minimum atomic E-state index is -3.76. The lowest BCUT2D eigenvalue weighted by atomic mass is 10.0. The molecule has 0 bridgehead atoms. The van der Waals surface area contributed by atoms with Crippen molar-refractivity contribution in [1.29, 1.82) is 0 Å². The summed E-state index contributed by atoms with van der Waals surface area (Å²) >= 11 is 6.30. The van der Waals surface area contributed by atoms with Crippen LogP contribution in [0, 0.1) is 0 Å². The molecule has 0 N–H and O–H groups in total. The van der Waals surface area contributed by atoms with Crippen LogP contribution in [0.3, 0.4) is 0 Å². The highest BCUT2D eigenvalue weighted by molar-refractivity contribution is 7.89. The molecular weight excluding hydrogens is 436 g/mol. The smallest absolute Gasteiger partial charge is 0.258 e. The van der Waals surface area contributed by atoms with Gasteiger partial charge in [-0.1, -0.05) is 24.4 Å². The van der Waals surface area contributed by atoms with Gasteiger partial charge in [-0.15, -0.1) is 0 Å². The molecule has 0 aliphatic carbocycles. The number of fused-ring (bicyclic) bond motifs is 1. The van der Waals surface area contributed by atoms with Crippen LogP contribution in [0.25, 0.3) is 0 Å². The first-order valence-electron chi connectivity index (χ1n) is 10.7. The van der Waals surface area contributed by atoms with Crippen molar-refractivity contribution in [2.24, 2.45) is 0 Å². The summed E-state index contributed by atoms with van der Waals surface area (Å²) in [4.78, 5) is 15.1. The fourth-order valence-corrected chi connectivity index (χ4v) is 6.34. The van der Waals surface area contributed by atoms with E-state index in [2.05, 4.69) is 0 Å². The Morgan fingerprint density at radius 1 is 0.968 bits per heavy atom.